The highest BCUT2D eigenvalue weighted by Crippen LogP contribution is 2.28. The van der Waals surface area contributed by atoms with Crippen LogP contribution in [0.15, 0.2) is 24.3 Å². The molecule has 4 nitrogen and oxygen atoms in total. The zero-order chi connectivity index (χ0) is 14.5. The van der Waals surface area contributed by atoms with Crippen molar-refractivity contribution in [1.82, 2.24) is 10.2 Å². The largest absolute Gasteiger partial charge is 0.345 e. The zero-order valence-electron chi connectivity index (χ0n) is 11.8. The Balaban J connectivity index is 1.87. The monoisotopic (exact) mass is 270 g/mol. The standard InChI is InChI=1S/C16H18N2O2/c1-18(2)16(20)14-7-5-12(6-8-14)4-3-11-17-15(19)13-9-10-13/h5-8,13H,9-11H2,1-2H3,(H,17,19). The summed E-state index contributed by atoms with van der Waals surface area (Å²) < 4.78 is 0. The zero-order valence-corrected chi connectivity index (χ0v) is 11.8. The molecular formula is C16H18N2O2. The average molecular weight is 270 g/mol. The van der Waals surface area contributed by atoms with Crippen LogP contribution in [0.4, 0.5) is 0 Å². The molecule has 1 aromatic rings. The van der Waals surface area contributed by atoms with E-state index in [1.165, 1.54) is 4.90 Å². The minimum atomic E-state index is -0.0267. The van der Waals surface area contributed by atoms with E-state index >= 15 is 0 Å². The molecule has 0 saturated heterocycles. The molecule has 20 heavy (non-hydrogen) atoms. The van der Waals surface area contributed by atoms with Gasteiger partial charge in [0.15, 0.2) is 0 Å². The summed E-state index contributed by atoms with van der Waals surface area (Å²) in [6.07, 6.45) is 2.00. The van der Waals surface area contributed by atoms with Gasteiger partial charge in [-0.2, -0.15) is 0 Å². The first-order valence-corrected chi connectivity index (χ1v) is 6.66. The second kappa shape index (κ2) is 6.25. The first-order chi connectivity index (χ1) is 9.58. The summed E-state index contributed by atoms with van der Waals surface area (Å²) >= 11 is 0. The topological polar surface area (TPSA) is 49.4 Å². The fraction of sp³-hybridized carbons (Fsp3) is 0.375. The highest BCUT2D eigenvalue weighted by Gasteiger charge is 2.28. The molecule has 1 fully saturated rings. The van der Waals surface area contributed by atoms with Gasteiger partial charge >= 0.3 is 0 Å². The molecule has 0 atom stereocenters. The average Bonchev–Trinajstić information content (AvgIpc) is 3.27. The van der Waals surface area contributed by atoms with Crippen LogP contribution in [0.3, 0.4) is 0 Å². The maximum absolute atomic E-state index is 11.7. The van der Waals surface area contributed by atoms with E-state index in [-0.39, 0.29) is 17.7 Å². The van der Waals surface area contributed by atoms with Gasteiger partial charge in [-0.15, -0.1) is 0 Å². The molecular weight excluding hydrogens is 252 g/mol. The second-order valence-electron chi connectivity index (χ2n) is 5.07. The molecule has 2 amide bonds. The van der Waals surface area contributed by atoms with Crippen molar-refractivity contribution in [2.45, 2.75) is 12.8 Å². The summed E-state index contributed by atoms with van der Waals surface area (Å²) in [7, 11) is 3.44. The lowest BCUT2D eigenvalue weighted by molar-refractivity contribution is -0.122. The number of nitrogens with zero attached hydrogens (tertiary/aromatic N) is 1. The molecule has 104 valence electrons. The molecule has 0 radical (unpaired) electrons. The van der Waals surface area contributed by atoms with Crippen LogP contribution >= 0.6 is 0 Å². The second-order valence-corrected chi connectivity index (χ2v) is 5.07. The number of rotatable bonds is 3. The first-order valence-electron chi connectivity index (χ1n) is 6.66. The van der Waals surface area contributed by atoms with Crippen LogP contribution in [0.1, 0.15) is 28.8 Å². The van der Waals surface area contributed by atoms with Crippen LogP contribution in [-0.2, 0) is 4.79 Å². The number of amides is 2. The van der Waals surface area contributed by atoms with Gasteiger partial charge in [0.1, 0.15) is 0 Å². The summed E-state index contributed by atoms with van der Waals surface area (Å²) in [4.78, 5) is 24.6. The number of hydrogen-bond donors (Lipinski definition) is 1. The number of hydrogen-bond acceptors (Lipinski definition) is 2. The molecule has 4 heteroatoms. The molecule has 0 spiro atoms. The van der Waals surface area contributed by atoms with Gasteiger partial charge in [0, 0.05) is 31.1 Å². The van der Waals surface area contributed by atoms with Crippen molar-refractivity contribution in [3.63, 3.8) is 0 Å². The number of nitrogens with one attached hydrogen (secondary N) is 1. The highest BCUT2D eigenvalue weighted by molar-refractivity contribution is 5.93. The van der Waals surface area contributed by atoms with Crippen LogP contribution in [-0.4, -0.2) is 37.4 Å². The predicted octanol–water partition coefficient (Wildman–Crippen LogP) is 1.27. The molecule has 1 aliphatic carbocycles. The van der Waals surface area contributed by atoms with Crippen molar-refractivity contribution in [3.8, 4) is 11.8 Å². The van der Waals surface area contributed by atoms with Crippen molar-refractivity contribution in [2.75, 3.05) is 20.6 Å². The summed E-state index contributed by atoms with van der Waals surface area (Å²) in [6.45, 7) is 0.369. The summed E-state index contributed by atoms with van der Waals surface area (Å²) in [5.74, 6) is 6.17. The van der Waals surface area contributed by atoms with E-state index < -0.39 is 0 Å². The Morgan fingerprint density at radius 2 is 1.90 bits per heavy atom. The van der Waals surface area contributed by atoms with Crippen LogP contribution in [0.5, 0.6) is 0 Å². The fourth-order valence-electron chi connectivity index (χ4n) is 1.72. The van der Waals surface area contributed by atoms with E-state index in [1.807, 2.05) is 12.1 Å². The van der Waals surface area contributed by atoms with Gasteiger partial charge in [-0.05, 0) is 37.1 Å². The fourth-order valence-corrected chi connectivity index (χ4v) is 1.72. The molecule has 0 unspecified atom stereocenters. The Morgan fingerprint density at radius 1 is 1.25 bits per heavy atom. The third-order valence-electron chi connectivity index (χ3n) is 3.07. The minimum absolute atomic E-state index is 0.0267. The molecule has 0 heterocycles. The Kier molecular flexibility index (Phi) is 4.41. The van der Waals surface area contributed by atoms with Gasteiger partial charge in [-0.3, -0.25) is 9.59 Å². The molecule has 1 aliphatic rings. The number of benzene rings is 1. The van der Waals surface area contributed by atoms with Crippen LogP contribution < -0.4 is 5.32 Å². The van der Waals surface area contributed by atoms with Gasteiger partial charge in [0.2, 0.25) is 5.91 Å². The highest BCUT2D eigenvalue weighted by atomic mass is 16.2. The lowest BCUT2D eigenvalue weighted by atomic mass is 10.1. The van der Waals surface area contributed by atoms with Gasteiger partial charge in [0.25, 0.3) is 5.91 Å². The lowest BCUT2D eigenvalue weighted by Crippen LogP contribution is -2.24. The van der Waals surface area contributed by atoms with Crippen molar-refractivity contribution in [1.29, 1.82) is 0 Å². The van der Waals surface area contributed by atoms with Gasteiger partial charge < -0.3 is 10.2 Å². The maximum atomic E-state index is 11.7. The van der Waals surface area contributed by atoms with E-state index in [4.69, 9.17) is 0 Å². The van der Waals surface area contributed by atoms with Gasteiger partial charge in [-0.1, -0.05) is 11.8 Å². The lowest BCUT2D eigenvalue weighted by Gasteiger charge is -2.09. The van der Waals surface area contributed by atoms with Gasteiger partial charge in [0.05, 0.1) is 6.54 Å². The quantitative estimate of drug-likeness (QED) is 0.841. The molecule has 0 bridgehead atoms. The summed E-state index contributed by atoms with van der Waals surface area (Å²) in [5.41, 5.74) is 1.48. The molecule has 0 aliphatic heterocycles. The van der Waals surface area contributed by atoms with E-state index in [0.717, 1.165) is 18.4 Å². The van der Waals surface area contributed by atoms with Crippen molar-refractivity contribution in [2.24, 2.45) is 5.92 Å². The number of carbonyl (C=O) groups is 2. The Bertz CT molecular complexity index is 560. The van der Waals surface area contributed by atoms with Crippen LogP contribution in [0, 0.1) is 17.8 Å². The molecule has 1 N–H and O–H groups in total. The molecule has 1 aromatic carbocycles. The van der Waals surface area contributed by atoms with E-state index in [9.17, 15) is 9.59 Å². The molecule has 1 saturated carbocycles. The Morgan fingerprint density at radius 3 is 2.45 bits per heavy atom. The van der Waals surface area contributed by atoms with E-state index in [2.05, 4.69) is 17.2 Å². The first kappa shape index (κ1) is 14.1. The maximum Gasteiger partial charge on any atom is 0.253 e. The normalized spacial score (nSPS) is 13.1. The van der Waals surface area contributed by atoms with E-state index in [1.54, 1.807) is 26.2 Å². The van der Waals surface area contributed by atoms with Crippen molar-refractivity contribution in [3.05, 3.63) is 35.4 Å². The molecule has 0 aromatic heterocycles. The van der Waals surface area contributed by atoms with Crippen LogP contribution in [0.2, 0.25) is 0 Å². The SMILES string of the molecule is CN(C)C(=O)c1ccc(C#CCNC(=O)C2CC2)cc1. The Hall–Kier alpha value is -2.28. The number of carbonyl (C=O) groups excluding carboxylic acids is 2. The van der Waals surface area contributed by atoms with Crippen molar-refractivity contribution >= 4 is 11.8 Å². The van der Waals surface area contributed by atoms with Crippen LogP contribution in [0.25, 0.3) is 0 Å². The summed E-state index contributed by atoms with van der Waals surface area (Å²) in [5, 5.41) is 2.79. The molecule has 2 rings (SSSR count). The smallest absolute Gasteiger partial charge is 0.253 e. The minimum Gasteiger partial charge on any atom is -0.345 e. The third kappa shape index (κ3) is 3.86. The third-order valence-corrected chi connectivity index (χ3v) is 3.07. The Labute approximate surface area is 119 Å². The van der Waals surface area contributed by atoms with E-state index in [0.29, 0.717) is 12.1 Å². The van der Waals surface area contributed by atoms with Gasteiger partial charge in [-0.25, -0.2) is 0 Å². The predicted molar refractivity (Wildman–Crippen MR) is 77.1 cm³/mol. The van der Waals surface area contributed by atoms with Crippen molar-refractivity contribution < 1.29 is 9.59 Å². The summed E-state index contributed by atoms with van der Waals surface area (Å²) in [6, 6.07) is 7.14.